The van der Waals surface area contributed by atoms with Gasteiger partial charge in [0.05, 0.1) is 12.7 Å². The van der Waals surface area contributed by atoms with Crippen molar-refractivity contribution < 1.29 is 19.1 Å². The summed E-state index contributed by atoms with van der Waals surface area (Å²) < 4.78 is 10.3. The number of rotatable bonds is 6. The number of amides is 1. The maximum atomic E-state index is 12.4. The minimum Gasteiger partial charge on any atom is -0.497 e. The number of carbonyl (C=O) groups is 2. The third-order valence-corrected chi connectivity index (χ3v) is 3.97. The van der Waals surface area contributed by atoms with E-state index in [2.05, 4.69) is 5.32 Å². The lowest BCUT2D eigenvalue weighted by molar-refractivity contribution is -0.123. The van der Waals surface area contributed by atoms with E-state index in [0.29, 0.717) is 11.3 Å². The molecule has 2 aromatic carbocycles. The van der Waals surface area contributed by atoms with Gasteiger partial charge in [0.2, 0.25) is 0 Å². The fourth-order valence-corrected chi connectivity index (χ4v) is 2.44. The quantitative estimate of drug-likeness (QED) is 0.813. The van der Waals surface area contributed by atoms with Gasteiger partial charge in [0, 0.05) is 5.69 Å². The van der Waals surface area contributed by atoms with Crippen LogP contribution in [0, 0.1) is 6.92 Å². The molecule has 25 heavy (non-hydrogen) atoms. The van der Waals surface area contributed by atoms with Crippen LogP contribution >= 0.6 is 0 Å². The minimum atomic E-state index is -0.904. The number of hydrogen-bond donors (Lipinski definition) is 1. The molecule has 0 heterocycles. The Morgan fingerprint density at radius 3 is 2.40 bits per heavy atom. The summed E-state index contributed by atoms with van der Waals surface area (Å²) in [6.07, 6.45) is -0.101. The van der Waals surface area contributed by atoms with Crippen molar-refractivity contribution >= 4 is 17.6 Å². The number of methoxy groups -OCH3 is 1. The van der Waals surface area contributed by atoms with E-state index in [-0.39, 0.29) is 5.91 Å². The SMILES string of the molecule is CCc1cccc(C)c1NC(=O)C(C)OC(=O)c1ccc(OC)cc1. The molecule has 132 valence electrons. The molecule has 5 heteroatoms. The number of esters is 1. The van der Waals surface area contributed by atoms with E-state index in [1.54, 1.807) is 38.3 Å². The predicted molar refractivity (Wildman–Crippen MR) is 97.1 cm³/mol. The van der Waals surface area contributed by atoms with Gasteiger partial charge >= 0.3 is 5.97 Å². The van der Waals surface area contributed by atoms with E-state index in [1.165, 1.54) is 0 Å². The number of aryl methyl sites for hydroxylation is 2. The van der Waals surface area contributed by atoms with Crippen LogP contribution in [-0.4, -0.2) is 25.1 Å². The third kappa shape index (κ3) is 4.59. The number of benzene rings is 2. The summed E-state index contributed by atoms with van der Waals surface area (Å²) in [5, 5.41) is 2.87. The zero-order chi connectivity index (χ0) is 18.4. The number of carbonyl (C=O) groups excluding carboxylic acids is 2. The smallest absolute Gasteiger partial charge is 0.338 e. The second-order valence-electron chi connectivity index (χ2n) is 5.73. The molecule has 1 atom stereocenters. The highest BCUT2D eigenvalue weighted by Gasteiger charge is 2.20. The van der Waals surface area contributed by atoms with Crippen LogP contribution < -0.4 is 10.1 Å². The summed E-state index contributed by atoms with van der Waals surface area (Å²) in [6.45, 7) is 5.51. The van der Waals surface area contributed by atoms with E-state index < -0.39 is 12.1 Å². The van der Waals surface area contributed by atoms with Crippen LogP contribution in [0.5, 0.6) is 5.75 Å². The molecule has 0 aliphatic rings. The fraction of sp³-hybridized carbons (Fsp3) is 0.300. The van der Waals surface area contributed by atoms with Crippen molar-refractivity contribution in [1.29, 1.82) is 0 Å². The van der Waals surface area contributed by atoms with Crippen molar-refractivity contribution in [2.45, 2.75) is 33.3 Å². The molecule has 1 amide bonds. The van der Waals surface area contributed by atoms with Crippen LogP contribution in [0.25, 0.3) is 0 Å². The zero-order valence-corrected chi connectivity index (χ0v) is 15.0. The highest BCUT2D eigenvalue weighted by molar-refractivity contribution is 5.98. The number of para-hydroxylation sites is 1. The van der Waals surface area contributed by atoms with Crippen LogP contribution in [0.2, 0.25) is 0 Å². The van der Waals surface area contributed by atoms with Crippen molar-refractivity contribution in [3.63, 3.8) is 0 Å². The summed E-state index contributed by atoms with van der Waals surface area (Å²) in [4.78, 5) is 24.6. The summed E-state index contributed by atoms with van der Waals surface area (Å²) >= 11 is 0. The van der Waals surface area contributed by atoms with Crippen LogP contribution in [0.3, 0.4) is 0 Å². The second-order valence-corrected chi connectivity index (χ2v) is 5.73. The lowest BCUT2D eigenvalue weighted by atomic mass is 10.1. The Labute approximate surface area is 148 Å². The molecule has 0 radical (unpaired) electrons. The van der Waals surface area contributed by atoms with Gasteiger partial charge in [-0.3, -0.25) is 4.79 Å². The van der Waals surface area contributed by atoms with E-state index in [4.69, 9.17) is 9.47 Å². The molecule has 1 unspecified atom stereocenters. The summed E-state index contributed by atoms with van der Waals surface area (Å²) in [6, 6.07) is 12.4. The second kappa shape index (κ2) is 8.33. The Morgan fingerprint density at radius 2 is 1.80 bits per heavy atom. The Hall–Kier alpha value is -2.82. The van der Waals surface area contributed by atoms with Crippen molar-refractivity contribution in [2.24, 2.45) is 0 Å². The monoisotopic (exact) mass is 341 g/mol. The Bertz CT molecular complexity index is 753. The van der Waals surface area contributed by atoms with E-state index >= 15 is 0 Å². The lowest BCUT2D eigenvalue weighted by Crippen LogP contribution is -2.30. The lowest BCUT2D eigenvalue weighted by Gasteiger charge is -2.17. The van der Waals surface area contributed by atoms with Crippen LogP contribution in [0.1, 0.15) is 35.3 Å². The molecule has 0 aromatic heterocycles. The highest BCUT2D eigenvalue weighted by atomic mass is 16.5. The summed E-state index contributed by atoms with van der Waals surface area (Å²) in [7, 11) is 1.55. The first-order valence-electron chi connectivity index (χ1n) is 8.20. The number of nitrogens with one attached hydrogen (secondary N) is 1. The van der Waals surface area contributed by atoms with Crippen molar-refractivity contribution in [3.8, 4) is 5.75 Å². The molecular formula is C20H23NO4. The molecular weight excluding hydrogens is 318 g/mol. The number of anilines is 1. The summed E-state index contributed by atoms with van der Waals surface area (Å²) in [5.41, 5.74) is 3.16. The molecule has 0 aliphatic heterocycles. The van der Waals surface area contributed by atoms with Gasteiger partial charge < -0.3 is 14.8 Å². The Morgan fingerprint density at radius 1 is 1.12 bits per heavy atom. The molecule has 0 fully saturated rings. The maximum absolute atomic E-state index is 12.4. The van der Waals surface area contributed by atoms with Gasteiger partial charge in [0.1, 0.15) is 5.75 Å². The van der Waals surface area contributed by atoms with E-state index in [0.717, 1.165) is 23.2 Å². The Balaban J connectivity index is 2.03. The van der Waals surface area contributed by atoms with E-state index in [9.17, 15) is 9.59 Å². The van der Waals surface area contributed by atoms with Gasteiger partial charge in [0.15, 0.2) is 6.10 Å². The topological polar surface area (TPSA) is 64.6 Å². The van der Waals surface area contributed by atoms with E-state index in [1.807, 2.05) is 32.0 Å². The first kappa shape index (κ1) is 18.5. The molecule has 0 saturated heterocycles. The average Bonchev–Trinajstić information content (AvgIpc) is 2.63. The normalized spacial score (nSPS) is 11.5. The molecule has 0 bridgehead atoms. The molecule has 2 rings (SSSR count). The van der Waals surface area contributed by atoms with Crippen LogP contribution in [0.15, 0.2) is 42.5 Å². The van der Waals surface area contributed by atoms with Gasteiger partial charge in [0.25, 0.3) is 5.91 Å². The van der Waals surface area contributed by atoms with Crippen LogP contribution in [-0.2, 0) is 16.0 Å². The zero-order valence-electron chi connectivity index (χ0n) is 15.0. The summed E-state index contributed by atoms with van der Waals surface area (Å²) in [5.74, 6) is -0.259. The van der Waals surface area contributed by atoms with Crippen LogP contribution in [0.4, 0.5) is 5.69 Å². The fourth-order valence-electron chi connectivity index (χ4n) is 2.44. The molecule has 2 aromatic rings. The number of ether oxygens (including phenoxy) is 2. The molecule has 1 N–H and O–H groups in total. The molecule has 0 aliphatic carbocycles. The van der Waals surface area contributed by atoms with Gasteiger partial charge in [-0.2, -0.15) is 0 Å². The maximum Gasteiger partial charge on any atom is 0.338 e. The minimum absolute atomic E-state index is 0.356. The number of hydrogen-bond acceptors (Lipinski definition) is 4. The molecule has 5 nitrogen and oxygen atoms in total. The van der Waals surface area contributed by atoms with Gasteiger partial charge in [-0.1, -0.05) is 25.1 Å². The largest absolute Gasteiger partial charge is 0.497 e. The standard InChI is InChI=1S/C20H23NO4/c1-5-15-8-6-7-13(2)18(15)21-19(22)14(3)25-20(23)16-9-11-17(24-4)12-10-16/h6-12,14H,5H2,1-4H3,(H,21,22). The Kier molecular flexibility index (Phi) is 6.17. The first-order chi connectivity index (χ1) is 12.0. The predicted octanol–water partition coefficient (Wildman–Crippen LogP) is 3.75. The van der Waals surface area contributed by atoms with Crippen molar-refractivity contribution in [3.05, 3.63) is 59.2 Å². The first-order valence-corrected chi connectivity index (χ1v) is 8.20. The third-order valence-electron chi connectivity index (χ3n) is 3.97. The highest BCUT2D eigenvalue weighted by Crippen LogP contribution is 2.21. The van der Waals surface area contributed by atoms with Crippen molar-refractivity contribution in [1.82, 2.24) is 0 Å². The van der Waals surface area contributed by atoms with Gasteiger partial charge in [-0.15, -0.1) is 0 Å². The molecule has 0 saturated carbocycles. The van der Waals surface area contributed by atoms with Crippen molar-refractivity contribution in [2.75, 3.05) is 12.4 Å². The molecule has 0 spiro atoms. The van der Waals surface area contributed by atoms with Gasteiger partial charge in [-0.05, 0) is 55.7 Å². The van der Waals surface area contributed by atoms with Gasteiger partial charge in [-0.25, -0.2) is 4.79 Å². The average molecular weight is 341 g/mol.